The van der Waals surface area contributed by atoms with Crippen LogP contribution in [0.3, 0.4) is 0 Å². The quantitative estimate of drug-likeness (QED) is 0.470. The molecule has 0 aliphatic carbocycles. The Morgan fingerprint density at radius 3 is 2.36 bits per heavy atom. The van der Waals surface area contributed by atoms with E-state index in [2.05, 4.69) is 15.3 Å². The lowest BCUT2D eigenvalue weighted by Gasteiger charge is -2.20. The average Bonchev–Trinajstić information content (AvgIpc) is 2.96. The highest BCUT2D eigenvalue weighted by atomic mass is 16.6. The molecule has 6 nitrogen and oxygen atoms in total. The van der Waals surface area contributed by atoms with Gasteiger partial charge in [-0.05, 0) is 35.9 Å². The second-order valence-corrected chi connectivity index (χ2v) is 6.17. The summed E-state index contributed by atoms with van der Waals surface area (Å²) in [7, 11) is 0. The summed E-state index contributed by atoms with van der Waals surface area (Å²) in [6, 6.07) is 19.4. The summed E-state index contributed by atoms with van der Waals surface area (Å²) in [4.78, 5) is 14.7. The highest BCUT2D eigenvalue weighted by Crippen LogP contribution is 2.21. The van der Waals surface area contributed by atoms with Crippen LogP contribution in [0.2, 0.25) is 0 Å². The Hall–Kier alpha value is -2.98. The van der Waals surface area contributed by atoms with Gasteiger partial charge in [-0.3, -0.25) is 0 Å². The monoisotopic (exact) mass is 336 g/mol. The number of hydrogen-bond donors (Lipinski definition) is 1. The lowest BCUT2D eigenvalue weighted by molar-refractivity contribution is 0.121. The molecule has 6 heteroatoms. The second-order valence-electron chi connectivity index (χ2n) is 6.17. The molecular formula is C19H20N4O2. The summed E-state index contributed by atoms with van der Waals surface area (Å²) in [6.45, 7) is 0. The van der Waals surface area contributed by atoms with E-state index in [1.807, 2.05) is 60.7 Å². The highest BCUT2D eigenvalue weighted by molar-refractivity contribution is 5.70. The van der Waals surface area contributed by atoms with E-state index in [0.29, 0.717) is 19.3 Å². The van der Waals surface area contributed by atoms with Gasteiger partial charge in [0.2, 0.25) is 0 Å². The zero-order valence-corrected chi connectivity index (χ0v) is 13.8. The summed E-state index contributed by atoms with van der Waals surface area (Å²) in [5, 5.41) is 6.78. The normalized spacial score (nSPS) is 20.2. The summed E-state index contributed by atoms with van der Waals surface area (Å²) < 4.78 is 5.43. The van der Waals surface area contributed by atoms with Gasteiger partial charge in [0, 0.05) is 11.0 Å². The van der Waals surface area contributed by atoms with Gasteiger partial charge in [0.25, 0.3) is 0 Å². The van der Waals surface area contributed by atoms with Gasteiger partial charge in [0.1, 0.15) is 6.10 Å². The topological polar surface area (TPSA) is 87.1 Å². The van der Waals surface area contributed by atoms with Gasteiger partial charge in [-0.25, -0.2) is 4.79 Å². The van der Waals surface area contributed by atoms with E-state index in [0.717, 1.165) is 11.1 Å². The van der Waals surface area contributed by atoms with Crippen LogP contribution in [0, 0.1) is 0 Å². The van der Waals surface area contributed by atoms with Crippen LogP contribution in [0.25, 0.3) is 10.4 Å². The van der Waals surface area contributed by atoms with Gasteiger partial charge in [-0.15, -0.1) is 0 Å². The number of amides is 1. The van der Waals surface area contributed by atoms with Crippen LogP contribution in [-0.4, -0.2) is 24.3 Å². The first-order valence-electron chi connectivity index (χ1n) is 8.34. The zero-order chi connectivity index (χ0) is 17.5. The molecule has 128 valence electrons. The standard InChI is InChI=1S/C19H20N4O2/c20-23-22-16(11-14-7-3-1-4-8-14)13-18-17(21-19(24)25-18)12-15-9-5-2-6-10-15/h1-10,16-18H,11-13H2,(H,21,24)/t16-,17-,18-/m0/s1. The van der Waals surface area contributed by atoms with E-state index >= 15 is 0 Å². The minimum Gasteiger partial charge on any atom is -0.444 e. The van der Waals surface area contributed by atoms with Crippen molar-refractivity contribution in [1.82, 2.24) is 5.32 Å². The predicted octanol–water partition coefficient (Wildman–Crippen LogP) is 4.02. The number of alkyl carbamates (subject to hydrolysis) is 1. The maximum absolute atomic E-state index is 11.7. The van der Waals surface area contributed by atoms with Crippen molar-refractivity contribution in [3.63, 3.8) is 0 Å². The molecule has 0 unspecified atom stereocenters. The molecule has 0 aromatic heterocycles. The number of carbonyl (C=O) groups is 1. The smallest absolute Gasteiger partial charge is 0.407 e. The van der Waals surface area contributed by atoms with Crippen molar-refractivity contribution < 1.29 is 9.53 Å². The second kappa shape index (κ2) is 8.22. The average molecular weight is 336 g/mol. The molecule has 0 spiro atoms. The van der Waals surface area contributed by atoms with Gasteiger partial charge < -0.3 is 10.1 Å². The lowest BCUT2D eigenvalue weighted by Crippen LogP contribution is -2.35. The van der Waals surface area contributed by atoms with E-state index in [4.69, 9.17) is 10.3 Å². The van der Waals surface area contributed by atoms with Crippen LogP contribution in [0.5, 0.6) is 0 Å². The summed E-state index contributed by atoms with van der Waals surface area (Å²) in [6.07, 6.45) is 1.08. The molecule has 3 atom stereocenters. The third kappa shape index (κ3) is 4.75. The highest BCUT2D eigenvalue weighted by Gasteiger charge is 2.35. The number of carbonyl (C=O) groups excluding carboxylic acids is 1. The van der Waals surface area contributed by atoms with Crippen LogP contribution in [0.1, 0.15) is 17.5 Å². The van der Waals surface area contributed by atoms with Crippen LogP contribution < -0.4 is 5.32 Å². The van der Waals surface area contributed by atoms with Crippen LogP contribution in [0.4, 0.5) is 4.79 Å². The number of nitrogens with zero attached hydrogens (tertiary/aromatic N) is 3. The molecule has 25 heavy (non-hydrogen) atoms. The molecule has 0 radical (unpaired) electrons. The Morgan fingerprint density at radius 1 is 1.08 bits per heavy atom. The fourth-order valence-corrected chi connectivity index (χ4v) is 3.16. The van der Waals surface area contributed by atoms with Gasteiger partial charge >= 0.3 is 6.09 Å². The molecule has 1 N–H and O–H groups in total. The third-order valence-electron chi connectivity index (χ3n) is 4.34. The predicted molar refractivity (Wildman–Crippen MR) is 95.0 cm³/mol. The zero-order valence-electron chi connectivity index (χ0n) is 13.8. The number of rotatable bonds is 7. The van der Waals surface area contributed by atoms with Crippen molar-refractivity contribution in [2.75, 3.05) is 0 Å². The first-order valence-corrected chi connectivity index (χ1v) is 8.34. The number of azide groups is 1. The molecule has 2 aromatic rings. The molecule has 0 bridgehead atoms. The Morgan fingerprint density at radius 2 is 1.72 bits per heavy atom. The molecule has 1 fully saturated rings. The Labute approximate surface area is 146 Å². The largest absolute Gasteiger partial charge is 0.444 e. The maximum Gasteiger partial charge on any atom is 0.407 e. The fourth-order valence-electron chi connectivity index (χ4n) is 3.16. The van der Waals surface area contributed by atoms with E-state index in [-0.39, 0.29) is 18.2 Å². The summed E-state index contributed by atoms with van der Waals surface area (Å²) >= 11 is 0. The van der Waals surface area contributed by atoms with E-state index in [1.54, 1.807) is 0 Å². The Balaban J connectivity index is 1.68. The van der Waals surface area contributed by atoms with Crippen molar-refractivity contribution in [3.8, 4) is 0 Å². The molecule has 3 rings (SSSR count). The molecule has 1 aliphatic heterocycles. The fraction of sp³-hybridized carbons (Fsp3) is 0.316. The van der Waals surface area contributed by atoms with Crippen LogP contribution >= 0.6 is 0 Å². The minimum atomic E-state index is -0.412. The maximum atomic E-state index is 11.7. The molecule has 2 aromatic carbocycles. The van der Waals surface area contributed by atoms with Crippen LogP contribution in [-0.2, 0) is 17.6 Å². The van der Waals surface area contributed by atoms with Gasteiger partial charge in [0.15, 0.2) is 0 Å². The first kappa shape index (κ1) is 16.9. The molecule has 1 heterocycles. The van der Waals surface area contributed by atoms with E-state index in [1.165, 1.54) is 0 Å². The van der Waals surface area contributed by atoms with Gasteiger partial charge in [-0.2, -0.15) is 0 Å². The minimum absolute atomic E-state index is 0.123. The number of nitrogens with one attached hydrogen (secondary N) is 1. The Bertz CT molecular complexity index is 745. The van der Waals surface area contributed by atoms with Crippen LogP contribution in [0.15, 0.2) is 65.8 Å². The first-order chi connectivity index (χ1) is 12.2. The van der Waals surface area contributed by atoms with Crippen molar-refractivity contribution in [2.45, 2.75) is 37.5 Å². The van der Waals surface area contributed by atoms with Gasteiger partial charge in [0.05, 0.1) is 6.04 Å². The van der Waals surface area contributed by atoms with Crippen molar-refractivity contribution in [3.05, 3.63) is 82.2 Å². The van der Waals surface area contributed by atoms with E-state index < -0.39 is 6.09 Å². The van der Waals surface area contributed by atoms with Crippen molar-refractivity contribution in [2.24, 2.45) is 5.11 Å². The van der Waals surface area contributed by atoms with Gasteiger partial charge in [-0.1, -0.05) is 65.8 Å². The molecular weight excluding hydrogens is 316 g/mol. The lowest BCUT2D eigenvalue weighted by atomic mass is 9.95. The van der Waals surface area contributed by atoms with Crippen molar-refractivity contribution >= 4 is 6.09 Å². The number of benzene rings is 2. The number of hydrogen-bond acceptors (Lipinski definition) is 3. The van der Waals surface area contributed by atoms with Crippen molar-refractivity contribution in [1.29, 1.82) is 0 Å². The number of ether oxygens (including phenoxy) is 1. The van der Waals surface area contributed by atoms with E-state index in [9.17, 15) is 4.79 Å². The Kier molecular flexibility index (Phi) is 5.54. The SMILES string of the molecule is [N-]=[N+]=N[C@@H](Cc1ccccc1)C[C@@H]1OC(=O)N[C@H]1Cc1ccccc1. The summed E-state index contributed by atoms with van der Waals surface area (Å²) in [5.74, 6) is 0. The molecule has 1 amide bonds. The number of cyclic esters (lactones) is 1. The molecule has 0 saturated carbocycles. The molecule has 1 saturated heterocycles. The third-order valence-corrected chi connectivity index (χ3v) is 4.34. The summed E-state index contributed by atoms with van der Waals surface area (Å²) in [5.41, 5.74) is 11.1. The molecule has 1 aliphatic rings.